The van der Waals surface area contributed by atoms with E-state index in [2.05, 4.69) is 20.9 Å². The van der Waals surface area contributed by atoms with E-state index in [9.17, 15) is 4.79 Å². The number of nitrogens with zero attached hydrogens (tertiary/aromatic N) is 4. The van der Waals surface area contributed by atoms with E-state index in [1.54, 1.807) is 6.20 Å². The minimum absolute atomic E-state index is 0.0902. The molecule has 2 aliphatic rings. The number of anilines is 1. The van der Waals surface area contributed by atoms with Crippen molar-refractivity contribution in [1.82, 2.24) is 14.8 Å². The Kier molecular flexibility index (Phi) is 4.75. The second-order valence-corrected chi connectivity index (χ2v) is 6.92. The van der Waals surface area contributed by atoms with Crippen LogP contribution in [0.5, 0.6) is 5.75 Å². The molecule has 2 aliphatic heterocycles. The van der Waals surface area contributed by atoms with Gasteiger partial charge in [-0.2, -0.15) is 0 Å². The maximum Gasteiger partial charge on any atom is 0.265 e. The fourth-order valence-corrected chi connectivity index (χ4v) is 3.62. The molecular weight excluding hydrogens is 328 g/mol. The standard InChI is InChI=1S/C20H24N4O2/c1-22-15-19(26-18-7-3-2-6-17(18)22)20(25)24-11-9-23(10-12-24)14-16-5-4-8-21-13-16/h2-8,13,19H,9-12,14-15H2,1H3/t19-/m0/s1. The lowest BCUT2D eigenvalue weighted by Gasteiger charge is -2.39. The van der Waals surface area contributed by atoms with E-state index in [0.717, 1.165) is 44.2 Å². The zero-order valence-electron chi connectivity index (χ0n) is 15.0. The van der Waals surface area contributed by atoms with Crippen molar-refractivity contribution in [3.05, 3.63) is 54.4 Å². The van der Waals surface area contributed by atoms with Crippen LogP contribution in [0.1, 0.15) is 5.56 Å². The number of carbonyl (C=O) groups excluding carboxylic acids is 1. The third-order valence-electron chi connectivity index (χ3n) is 5.07. The molecule has 2 aromatic rings. The van der Waals surface area contributed by atoms with Crippen LogP contribution in [0.25, 0.3) is 0 Å². The molecule has 0 saturated carbocycles. The number of hydrogen-bond donors (Lipinski definition) is 0. The van der Waals surface area contributed by atoms with Crippen LogP contribution in [0.15, 0.2) is 48.8 Å². The molecule has 0 unspecified atom stereocenters. The van der Waals surface area contributed by atoms with Gasteiger partial charge in [-0.3, -0.25) is 14.7 Å². The molecule has 136 valence electrons. The first-order valence-corrected chi connectivity index (χ1v) is 9.07. The number of likely N-dealkylation sites (N-methyl/N-ethyl adjacent to an activating group) is 1. The molecule has 1 aromatic carbocycles. The molecule has 3 heterocycles. The first-order chi connectivity index (χ1) is 12.7. The Morgan fingerprint density at radius 1 is 1.15 bits per heavy atom. The van der Waals surface area contributed by atoms with Gasteiger partial charge in [-0.1, -0.05) is 18.2 Å². The Labute approximate surface area is 154 Å². The molecule has 0 bridgehead atoms. The number of fused-ring (bicyclic) bond motifs is 1. The molecule has 1 saturated heterocycles. The number of para-hydroxylation sites is 2. The second-order valence-electron chi connectivity index (χ2n) is 6.92. The molecule has 6 heteroatoms. The van der Waals surface area contributed by atoms with Crippen LogP contribution < -0.4 is 9.64 Å². The number of piperazine rings is 1. The molecular formula is C20H24N4O2. The summed E-state index contributed by atoms with van der Waals surface area (Å²) in [6.07, 6.45) is 3.26. The second kappa shape index (κ2) is 7.33. The lowest BCUT2D eigenvalue weighted by molar-refractivity contribution is -0.140. The van der Waals surface area contributed by atoms with Gasteiger partial charge in [0.2, 0.25) is 0 Å². The van der Waals surface area contributed by atoms with Crippen molar-refractivity contribution >= 4 is 11.6 Å². The zero-order chi connectivity index (χ0) is 17.9. The molecule has 26 heavy (non-hydrogen) atoms. The molecule has 1 amide bonds. The van der Waals surface area contributed by atoms with Crippen molar-refractivity contribution in [2.24, 2.45) is 0 Å². The SMILES string of the molecule is CN1C[C@@H](C(=O)N2CCN(Cc3cccnc3)CC2)Oc2ccccc21. The molecule has 4 rings (SSSR count). The summed E-state index contributed by atoms with van der Waals surface area (Å²) in [6, 6.07) is 11.9. The van der Waals surface area contributed by atoms with Crippen molar-refractivity contribution in [2.75, 3.05) is 44.7 Å². The van der Waals surface area contributed by atoms with Gasteiger partial charge in [0, 0.05) is 52.2 Å². The van der Waals surface area contributed by atoms with Crippen LogP contribution in [-0.4, -0.2) is 66.6 Å². The van der Waals surface area contributed by atoms with Gasteiger partial charge in [-0.15, -0.1) is 0 Å². The fourth-order valence-electron chi connectivity index (χ4n) is 3.62. The fraction of sp³-hybridized carbons (Fsp3) is 0.400. The van der Waals surface area contributed by atoms with Crippen molar-refractivity contribution in [1.29, 1.82) is 0 Å². The lowest BCUT2D eigenvalue weighted by Crippen LogP contribution is -2.55. The van der Waals surface area contributed by atoms with E-state index >= 15 is 0 Å². The highest BCUT2D eigenvalue weighted by molar-refractivity contribution is 5.83. The molecule has 0 spiro atoms. The summed E-state index contributed by atoms with van der Waals surface area (Å²) in [5.74, 6) is 0.877. The molecule has 1 atom stereocenters. The van der Waals surface area contributed by atoms with Gasteiger partial charge >= 0.3 is 0 Å². The average molecular weight is 352 g/mol. The first kappa shape index (κ1) is 16.8. The molecule has 0 aliphatic carbocycles. The quantitative estimate of drug-likeness (QED) is 0.840. The van der Waals surface area contributed by atoms with Gasteiger partial charge in [0.05, 0.1) is 12.2 Å². The van der Waals surface area contributed by atoms with E-state index in [4.69, 9.17) is 4.74 Å². The Bertz CT molecular complexity index is 759. The maximum absolute atomic E-state index is 12.9. The van der Waals surface area contributed by atoms with Crippen molar-refractivity contribution in [3.63, 3.8) is 0 Å². The predicted molar refractivity (Wildman–Crippen MR) is 100 cm³/mol. The summed E-state index contributed by atoms with van der Waals surface area (Å²) in [5.41, 5.74) is 2.25. The van der Waals surface area contributed by atoms with Gasteiger partial charge in [0.25, 0.3) is 5.91 Å². The van der Waals surface area contributed by atoms with Gasteiger partial charge < -0.3 is 14.5 Å². The van der Waals surface area contributed by atoms with Crippen molar-refractivity contribution in [3.8, 4) is 5.75 Å². The van der Waals surface area contributed by atoms with E-state index in [1.165, 1.54) is 5.56 Å². The van der Waals surface area contributed by atoms with Gasteiger partial charge in [0.15, 0.2) is 6.10 Å². The molecule has 0 radical (unpaired) electrons. The summed E-state index contributed by atoms with van der Waals surface area (Å²) >= 11 is 0. The topological polar surface area (TPSA) is 48.9 Å². The predicted octanol–water partition coefficient (Wildman–Crippen LogP) is 1.62. The lowest BCUT2D eigenvalue weighted by atomic mass is 10.1. The highest BCUT2D eigenvalue weighted by Crippen LogP contribution is 2.32. The molecule has 1 aromatic heterocycles. The number of ether oxygens (including phenoxy) is 1. The summed E-state index contributed by atoms with van der Waals surface area (Å²) in [5, 5.41) is 0. The van der Waals surface area contributed by atoms with Gasteiger partial charge in [0.1, 0.15) is 5.75 Å². The van der Waals surface area contributed by atoms with Crippen molar-refractivity contribution in [2.45, 2.75) is 12.6 Å². The Morgan fingerprint density at radius 3 is 2.73 bits per heavy atom. The smallest absolute Gasteiger partial charge is 0.265 e. The first-order valence-electron chi connectivity index (χ1n) is 9.07. The number of carbonyl (C=O) groups is 1. The normalized spacial score (nSPS) is 20.4. The zero-order valence-corrected chi connectivity index (χ0v) is 15.0. The van der Waals surface area contributed by atoms with Crippen LogP contribution in [0, 0.1) is 0 Å². The molecule has 6 nitrogen and oxygen atoms in total. The van der Waals surface area contributed by atoms with Crippen LogP contribution in [0.2, 0.25) is 0 Å². The number of hydrogen-bond acceptors (Lipinski definition) is 5. The minimum Gasteiger partial charge on any atom is -0.477 e. The van der Waals surface area contributed by atoms with Gasteiger partial charge in [-0.25, -0.2) is 0 Å². The minimum atomic E-state index is -0.431. The number of benzene rings is 1. The number of rotatable bonds is 3. The monoisotopic (exact) mass is 352 g/mol. The van der Waals surface area contributed by atoms with Crippen LogP contribution >= 0.6 is 0 Å². The Balaban J connectivity index is 1.34. The van der Waals surface area contributed by atoms with E-state index < -0.39 is 6.10 Å². The van der Waals surface area contributed by atoms with E-state index in [0.29, 0.717) is 6.54 Å². The average Bonchev–Trinajstić information content (AvgIpc) is 2.69. The maximum atomic E-state index is 12.9. The Morgan fingerprint density at radius 2 is 1.96 bits per heavy atom. The summed E-state index contributed by atoms with van der Waals surface area (Å²) in [6.45, 7) is 4.70. The summed E-state index contributed by atoms with van der Waals surface area (Å²) < 4.78 is 5.99. The number of aromatic nitrogens is 1. The Hall–Kier alpha value is -2.60. The van der Waals surface area contributed by atoms with Crippen LogP contribution in [0.3, 0.4) is 0 Å². The summed E-state index contributed by atoms with van der Waals surface area (Å²) in [4.78, 5) is 23.5. The van der Waals surface area contributed by atoms with Crippen LogP contribution in [0.4, 0.5) is 5.69 Å². The summed E-state index contributed by atoms with van der Waals surface area (Å²) in [7, 11) is 2.01. The number of pyridine rings is 1. The van der Waals surface area contributed by atoms with Crippen molar-refractivity contribution < 1.29 is 9.53 Å². The highest BCUT2D eigenvalue weighted by Gasteiger charge is 2.33. The van der Waals surface area contributed by atoms with E-state index in [-0.39, 0.29) is 5.91 Å². The highest BCUT2D eigenvalue weighted by atomic mass is 16.5. The molecule has 0 N–H and O–H groups in total. The van der Waals surface area contributed by atoms with Crippen LogP contribution in [-0.2, 0) is 11.3 Å². The third-order valence-corrected chi connectivity index (χ3v) is 5.07. The van der Waals surface area contributed by atoms with Gasteiger partial charge in [-0.05, 0) is 23.8 Å². The van der Waals surface area contributed by atoms with E-state index in [1.807, 2.05) is 48.5 Å². The number of amides is 1. The molecule has 1 fully saturated rings. The third kappa shape index (κ3) is 3.51. The largest absolute Gasteiger partial charge is 0.477 e.